The molecule has 4 aliphatic carbocycles. The van der Waals surface area contributed by atoms with Crippen molar-refractivity contribution in [2.45, 2.75) is 96.1 Å². The van der Waals surface area contributed by atoms with Crippen molar-refractivity contribution in [3.63, 3.8) is 0 Å². The molecule has 0 saturated heterocycles. The van der Waals surface area contributed by atoms with Crippen molar-refractivity contribution in [1.29, 1.82) is 0 Å². The van der Waals surface area contributed by atoms with Gasteiger partial charge >= 0.3 is 0 Å². The molecule has 4 bridgehead atoms. The lowest BCUT2D eigenvalue weighted by Crippen LogP contribution is -2.56. The van der Waals surface area contributed by atoms with Crippen molar-refractivity contribution in [3.8, 4) is 0 Å². The second-order valence-electron chi connectivity index (χ2n) is 14.9. The van der Waals surface area contributed by atoms with Gasteiger partial charge in [-0.05, 0) is 100 Å². The van der Waals surface area contributed by atoms with Crippen LogP contribution in [-0.4, -0.2) is 26.1 Å². The van der Waals surface area contributed by atoms with E-state index >= 15 is 0 Å². The van der Waals surface area contributed by atoms with Gasteiger partial charge in [0, 0.05) is 38.9 Å². The molecular weight excluding hydrogens is 526 g/mol. The Bertz CT molecular complexity index is 1290. The van der Waals surface area contributed by atoms with Crippen LogP contribution < -0.4 is 10.9 Å². The largest absolute Gasteiger partial charge is 0.261 e. The summed E-state index contributed by atoms with van der Waals surface area (Å²) in [5.74, 6) is 3.40. The molecule has 0 aliphatic heterocycles. The molecule has 1 aromatic carbocycles. The molecule has 0 spiro atoms. The SMILES string of the molecule is CC(C)(C)c1cc(CP(c2cnccn2)c2cnccn2)c(C23CC4CC(CC(C4)C2CP)C3)cc1C(C)(C)C. The minimum Gasteiger partial charge on any atom is -0.261 e. The molecule has 4 nitrogen and oxygen atoms in total. The highest BCUT2D eigenvalue weighted by Crippen LogP contribution is 2.65. The monoisotopic (exact) mass is 572 g/mol. The quantitative estimate of drug-likeness (QED) is 0.297. The highest BCUT2D eigenvalue weighted by atomic mass is 31.1. The van der Waals surface area contributed by atoms with E-state index < -0.39 is 7.92 Å². The van der Waals surface area contributed by atoms with Crippen molar-refractivity contribution in [1.82, 2.24) is 19.9 Å². The maximum atomic E-state index is 4.83. The van der Waals surface area contributed by atoms with Crippen LogP contribution in [0.3, 0.4) is 0 Å². The van der Waals surface area contributed by atoms with E-state index in [2.05, 4.69) is 72.9 Å². The van der Waals surface area contributed by atoms with E-state index in [1.54, 1.807) is 18.0 Å². The van der Waals surface area contributed by atoms with Crippen LogP contribution in [0.5, 0.6) is 0 Å². The zero-order chi connectivity index (χ0) is 28.3. The maximum absolute atomic E-state index is 4.83. The fraction of sp³-hybridized carbons (Fsp3) is 0.588. The topological polar surface area (TPSA) is 51.6 Å². The van der Waals surface area contributed by atoms with Crippen molar-refractivity contribution < 1.29 is 0 Å². The number of hydrogen-bond donors (Lipinski definition) is 0. The molecule has 3 aromatic rings. The maximum Gasteiger partial charge on any atom is 0.0877 e. The van der Waals surface area contributed by atoms with Crippen molar-refractivity contribution in [2.24, 2.45) is 23.7 Å². The van der Waals surface area contributed by atoms with Gasteiger partial charge in [0.1, 0.15) is 0 Å². The molecule has 0 radical (unpaired) electrons. The number of aromatic nitrogens is 4. The van der Waals surface area contributed by atoms with E-state index in [1.807, 2.05) is 24.8 Å². The molecular formula is C34H46N4P2. The van der Waals surface area contributed by atoms with Gasteiger partial charge in [-0.3, -0.25) is 19.9 Å². The Kier molecular flexibility index (Phi) is 7.45. The highest BCUT2D eigenvalue weighted by Gasteiger charge is 2.57. The second kappa shape index (κ2) is 10.5. The fourth-order valence-corrected chi connectivity index (χ4v) is 11.6. The smallest absolute Gasteiger partial charge is 0.0877 e. The zero-order valence-corrected chi connectivity index (χ0v) is 27.2. The Morgan fingerprint density at radius 2 is 1.35 bits per heavy atom. The molecule has 2 heterocycles. The average molecular weight is 573 g/mol. The van der Waals surface area contributed by atoms with E-state index in [4.69, 9.17) is 9.97 Å². The third kappa shape index (κ3) is 5.07. The van der Waals surface area contributed by atoms with Crippen LogP contribution in [-0.2, 0) is 22.4 Å². The van der Waals surface area contributed by atoms with E-state index in [1.165, 1.54) is 55.0 Å². The minimum absolute atomic E-state index is 0.0548. The van der Waals surface area contributed by atoms with Gasteiger partial charge < -0.3 is 0 Å². The zero-order valence-electron chi connectivity index (χ0n) is 25.2. The highest BCUT2D eigenvalue weighted by molar-refractivity contribution is 7.71. The van der Waals surface area contributed by atoms with Crippen LogP contribution in [0.2, 0.25) is 0 Å². The standard InChI is InChI=1S/C34H46N4P2/c1-32(2,3)27-14-25(21-40(30-18-35-7-9-37-30)31-19-36-8-10-38-31)26(15-28(27)33(4,5)6)34-16-22-11-23(17-34)13-24(12-22)29(34)20-39/h7-10,14-15,18-19,22-24,29H,11-13,16-17,20-21,39H2,1-6H3. The van der Waals surface area contributed by atoms with Crippen molar-refractivity contribution in [2.75, 3.05) is 6.16 Å². The predicted molar refractivity (Wildman–Crippen MR) is 171 cm³/mol. The summed E-state index contributed by atoms with van der Waals surface area (Å²) < 4.78 is 0. The molecule has 0 N–H and O–H groups in total. The molecule has 40 heavy (non-hydrogen) atoms. The summed E-state index contributed by atoms with van der Waals surface area (Å²) in [6, 6.07) is 5.33. The first-order valence-corrected chi connectivity index (χ1v) is 17.5. The third-order valence-electron chi connectivity index (χ3n) is 10.2. The Morgan fingerprint density at radius 1 is 0.800 bits per heavy atom. The van der Waals surface area contributed by atoms with Gasteiger partial charge in [0.05, 0.1) is 23.3 Å². The molecule has 2 aromatic heterocycles. The summed E-state index contributed by atoms with van der Waals surface area (Å²) in [4.78, 5) is 18.6. The van der Waals surface area contributed by atoms with Gasteiger partial charge in [-0.15, -0.1) is 9.24 Å². The number of rotatable bonds is 6. The Morgan fingerprint density at radius 3 is 1.82 bits per heavy atom. The molecule has 4 unspecified atom stereocenters. The molecule has 212 valence electrons. The van der Waals surface area contributed by atoms with Crippen LogP contribution in [0.15, 0.2) is 49.3 Å². The van der Waals surface area contributed by atoms with Crippen LogP contribution in [0.1, 0.15) is 95.9 Å². The Hall–Kier alpha value is -1.76. The van der Waals surface area contributed by atoms with Crippen LogP contribution >= 0.6 is 17.2 Å². The molecule has 4 aliphatic rings. The van der Waals surface area contributed by atoms with Gasteiger partial charge in [0.15, 0.2) is 0 Å². The first-order chi connectivity index (χ1) is 19.0. The Labute approximate surface area is 245 Å². The van der Waals surface area contributed by atoms with E-state index in [0.717, 1.165) is 40.7 Å². The molecule has 0 amide bonds. The number of nitrogens with zero attached hydrogens (tertiary/aromatic N) is 4. The first-order valence-electron chi connectivity index (χ1n) is 15.2. The van der Waals surface area contributed by atoms with Gasteiger partial charge in [-0.25, -0.2) is 0 Å². The second-order valence-corrected chi connectivity index (χ2v) is 17.4. The van der Waals surface area contributed by atoms with Gasteiger partial charge in [-0.2, -0.15) is 0 Å². The first kappa shape index (κ1) is 28.4. The fourth-order valence-electron chi connectivity index (χ4n) is 8.77. The lowest BCUT2D eigenvalue weighted by Gasteiger charge is -2.62. The third-order valence-corrected chi connectivity index (χ3v) is 12.9. The summed E-state index contributed by atoms with van der Waals surface area (Å²) in [7, 11) is 2.33. The van der Waals surface area contributed by atoms with Crippen molar-refractivity contribution in [3.05, 3.63) is 71.6 Å². The summed E-state index contributed by atoms with van der Waals surface area (Å²) >= 11 is 0. The Balaban J connectivity index is 1.58. The van der Waals surface area contributed by atoms with Gasteiger partial charge in [-0.1, -0.05) is 53.7 Å². The lowest BCUT2D eigenvalue weighted by molar-refractivity contribution is -0.0521. The molecule has 6 heteroatoms. The summed E-state index contributed by atoms with van der Waals surface area (Å²) in [5, 5.41) is 0. The van der Waals surface area contributed by atoms with E-state index in [0.29, 0.717) is 0 Å². The summed E-state index contributed by atoms with van der Waals surface area (Å²) in [5.41, 5.74) is 8.66. The number of hydrogen-bond acceptors (Lipinski definition) is 4. The van der Waals surface area contributed by atoms with E-state index in [9.17, 15) is 0 Å². The molecule has 4 saturated carbocycles. The minimum atomic E-state index is -0.842. The van der Waals surface area contributed by atoms with Gasteiger partial charge in [0.25, 0.3) is 0 Å². The van der Waals surface area contributed by atoms with Crippen LogP contribution in [0, 0.1) is 23.7 Å². The average Bonchev–Trinajstić information content (AvgIpc) is 2.91. The summed E-state index contributed by atoms with van der Waals surface area (Å²) in [6.45, 7) is 14.3. The van der Waals surface area contributed by atoms with Crippen molar-refractivity contribution >= 4 is 28.0 Å². The van der Waals surface area contributed by atoms with Crippen LogP contribution in [0.4, 0.5) is 0 Å². The normalized spacial score (nSPS) is 27.9. The predicted octanol–water partition coefficient (Wildman–Crippen LogP) is 7.06. The molecule has 7 rings (SSSR count). The summed E-state index contributed by atoms with van der Waals surface area (Å²) in [6.07, 6.45) is 20.3. The molecule has 4 atom stereocenters. The van der Waals surface area contributed by atoms with Gasteiger partial charge in [0.2, 0.25) is 0 Å². The molecule has 4 fully saturated rings. The van der Waals surface area contributed by atoms with Crippen LogP contribution in [0.25, 0.3) is 0 Å². The lowest BCUT2D eigenvalue weighted by atomic mass is 9.43. The number of benzene rings is 1. The van der Waals surface area contributed by atoms with E-state index in [-0.39, 0.29) is 16.2 Å².